The van der Waals surface area contributed by atoms with Crippen LogP contribution in [0.4, 0.5) is 4.39 Å². The molecule has 2 atom stereocenters. The molecule has 1 aliphatic rings. The number of aromatic nitrogens is 2. The van der Waals surface area contributed by atoms with Crippen molar-refractivity contribution in [2.45, 2.75) is 51.5 Å². The third-order valence-electron chi connectivity index (χ3n) is 4.71. The molecule has 3 rings (SSSR count). The van der Waals surface area contributed by atoms with E-state index in [0.29, 0.717) is 11.4 Å². The van der Waals surface area contributed by atoms with Crippen molar-refractivity contribution in [2.75, 3.05) is 0 Å². The van der Waals surface area contributed by atoms with Crippen LogP contribution >= 0.6 is 11.6 Å². The molecule has 0 bridgehead atoms. The van der Waals surface area contributed by atoms with Crippen LogP contribution in [-0.2, 0) is 12.4 Å². The first-order chi connectivity index (χ1) is 10.2. The highest BCUT2D eigenvalue weighted by atomic mass is 35.5. The number of halogens is 2. The fraction of sp³-hybridized carbons (Fsp3) is 0.588. The first kappa shape index (κ1) is 14.8. The predicted octanol–water partition coefficient (Wildman–Crippen LogP) is 5.13. The van der Waals surface area contributed by atoms with E-state index in [0.717, 1.165) is 36.1 Å². The number of hydrogen-bond donors (Lipinski definition) is 0. The Morgan fingerprint density at radius 2 is 2.24 bits per heavy atom. The summed E-state index contributed by atoms with van der Waals surface area (Å²) in [7, 11) is 0. The van der Waals surface area contributed by atoms with Gasteiger partial charge in [0.25, 0.3) is 0 Å². The van der Waals surface area contributed by atoms with Crippen LogP contribution in [0.15, 0.2) is 18.2 Å². The highest BCUT2D eigenvalue weighted by Gasteiger charge is 2.19. The van der Waals surface area contributed by atoms with Gasteiger partial charge < -0.3 is 4.57 Å². The molecular formula is C17H22ClFN2. The predicted molar refractivity (Wildman–Crippen MR) is 85.0 cm³/mol. The van der Waals surface area contributed by atoms with Gasteiger partial charge in [0.2, 0.25) is 0 Å². The van der Waals surface area contributed by atoms with Gasteiger partial charge in [-0.15, -0.1) is 11.6 Å². The topological polar surface area (TPSA) is 17.8 Å². The average molecular weight is 309 g/mol. The van der Waals surface area contributed by atoms with Crippen molar-refractivity contribution in [3.8, 4) is 0 Å². The zero-order chi connectivity index (χ0) is 14.8. The molecule has 1 aliphatic carbocycles. The summed E-state index contributed by atoms with van der Waals surface area (Å²) in [6, 6.07) is 4.81. The van der Waals surface area contributed by atoms with Gasteiger partial charge in [0.1, 0.15) is 11.6 Å². The van der Waals surface area contributed by atoms with Gasteiger partial charge in [-0.1, -0.05) is 26.2 Å². The minimum Gasteiger partial charge on any atom is -0.327 e. The Kier molecular flexibility index (Phi) is 4.48. The highest BCUT2D eigenvalue weighted by Crippen LogP contribution is 2.31. The van der Waals surface area contributed by atoms with Gasteiger partial charge in [0, 0.05) is 12.6 Å². The third-order valence-corrected chi connectivity index (χ3v) is 4.95. The lowest BCUT2D eigenvalue weighted by Crippen LogP contribution is -2.16. The van der Waals surface area contributed by atoms with Crippen LogP contribution in [0.2, 0.25) is 0 Å². The third kappa shape index (κ3) is 3.23. The van der Waals surface area contributed by atoms with E-state index in [1.165, 1.54) is 37.8 Å². The lowest BCUT2D eigenvalue weighted by atomic mass is 9.81. The van der Waals surface area contributed by atoms with E-state index in [9.17, 15) is 4.39 Å². The number of aryl methyl sites for hydroxylation is 1. The summed E-state index contributed by atoms with van der Waals surface area (Å²) >= 11 is 6.01. The Balaban J connectivity index is 1.79. The molecule has 114 valence electrons. The molecule has 1 aromatic carbocycles. The van der Waals surface area contributed by atoms with Crippen molar-refractivity contribution < 1.29 is 4.39 Å². The lowest BCUT2D eigenvalue weighted by Gasteiger charge is -2.27. The maximum Gasteiger partial charge on any atom is 0.125 e. The molecule has 4 heteroatoms. The van der Waals surface area contributed by atoms with E-state index in [-0.39, 0.29) is 5.82 Å². The molecule has 1 fully saturated rings. The van der Waals surface area contributed by atoms with Crippen LogP contribution in [0.3, 0.4) is 0 Å². The van der Waals surface area contributed by atoms with Crippen LogP contribution < -0.4 is 0 Å². The van der Waals surface area contributed by atoms with Gasteiger partial charge in [-0.05, 0) is 36.8 Å². The van der Waals surface area contributed by atoms with Gasteiger partial charge in [-0.25, -0.2) is 9.37 Å². The standard InChI is InChI=1S/C17H22ClFN2/c1-12-3-2-4-13(9-12)7-8-21-16-6-5-14(19)10-15(16)20-17(21)11-18/h5-6,10,12-13H,2-4,7-9,11H2,1H3. The molecule has 1 heterocycles. The summed E-state index contributed by atoms with van der Waals surface area (Å²) in [4.78, 5) is 4.46. The van der Waals surface area contributed by atoms with Gasteiger partial charge in [0.15, 0.2) is 0 Å². The quantitative estimate of drug-likeness (QED) is 0.716. The van der Waals surface area contributed by atoms with E-state index in [2.05, 4.69) is 16.5 Å². The van der Waals surface area contributed by atoms with Crippen molar-refractivity contribution in [1.82, 2.24) is 9.55 Å². The molecule has 0 amide bonds. The number of rotatable bonds is 4. The summed E-state index contributed by atoms with van der Waals surface area (Å²) < 4.78 is 15.5. The van der Waals surface area contributed by atoms with Crippen molar-refractivity contribution in [3.05, 3.63) is 29.8 Å². The van der Waals surface area contributed by atoms with Gasteiger partial charge in [0.05, 0.1) is 16.9 Å². The summed E-state index contributed by atoms with van der Waals surface area (Å²) in [6.07, 6.45) is 6.55. The fourth-order valence-electron chi connectivity index (χ4n) is 3.64. The normalized spacial score (nSPS) is 22.8. The molecule has 2 unspecified atom stereocenters. The van der Waals surface area contributed by atoms with Crippen molar-refractivity contribution in [1.29, 1.82) is 0 Å². The van der Waals surface area contributed by atoms with Crippen LogP contribution in [-0.4, -0.2) is 9.55 Å². The second kappa shape index (κ2) is 6.35. The summed E-state index contributed by atoms with van der Waals surface area (Å²) in [5.41, 5.74) is 1.71. The molecular weight excluding hydrogens is 287 g/mol. The Labute approximate surface area is 130 Å². The van der Waals surface area contributed by atoms with Gasteiger partial charge in [-0.3, -0.25) is 0 Å². The number of benzene rings is 1. The molecule has 0 radical (unpaired) electrons. The molecule has 1 saturated carbocycles. The molecule has 0 N–H and O–H groups in total. The van der Waals surface area contributed by atoms with Crippen molar-refractivity contribution in [3.63, 3.8) is 0 Å². The number of hydrogen-bond acceptors (Lipinski definition) is 1. The van der Waals surface area contributed by atoms with Crippen LogP contribution in [0.25, 0.3) is 11.0 Å². The molecule has 0 saturated heterocycles. The highest BCUT2D eigenvalue weighted by molar-refractivity contribution is 6.16. The Morgan fingerprint density at radius 3 is 3.00 bits per heavy atom. The molecule has 0 spiro atoms. The maximum absolute atomic E-state index is 13.3. The lowest BCUT2D eigenvalue weighted by molar-refractivity contribution is 0.261. The van der Waals surface area contributed by atoms with Gasteiger partial charge >= 0.3 is 0 Å². The smallest absolute Gasteiger partial charge is 0.125 e. The van der Waals surface area contributed by atoms with E-state index < -0.39 is 0 Å². The van der Waals surface area contributed by atoms with Crippen LogP contribution in [0, 0.1) is 17.7 Å². The molecule has 21 heavy (non-hydrogen) atoms. The van der Waals surface area contributed by atoms with E-state index in [4.69, 9.17) is 11.6 Å². The molecule has 0 aliphatic heterocycles. The zero-order valence-corrected chi connectivity index (χ0v) is 13.2. The Hall–Kier alpha value is -1.09. The Morgan fingerprint density at radius 1 is 1.38 bits per heavy atom. The van der Waals surface area contributed by atoms with Gasteiger partial charge in [-0.2, -0.15) is 0 Å². The monoisotopic (exact) mass is 308 g/mol. The summed E-state index contributed by atoms with van der Waals surface area (Å²) in [5.74, 6) is 2.63. The minimum absolute atomic E-state index is 0.241. The zero-order valence-electron chi connectivity index (χ0n) is 12.5. The summed E-state index contributed by atoms with van der Waals surface area (Å²) in [6.45, 7) is 3.29. The Bertz CT molecular complexity index is 623. The van der Waals surface area contributed by atoms with Crippen LogP contribution in [0.1, 0.15) is 44.9 Å². The minimum atomic E-state index is -0.241. The molecule has 2 nitrogen and oxygen atoms in total. The fourth-order valence-corrected chi connectivity index (χ4v) is 3.84. The number of fused-ring (bicyclic) bond motifs is 1. The first-order valence-corrected chi connectivity index (χ1v) is 8.41. The van der Waals surface area contributed by atoms with E-state index in [1.807, 2.05) is 6.07 Å². The first-order valence-electron chi connectivity index (χ1n) is 7.88. The van der Waals surface area contributed by atoms with Crippen LogP contribution in [0.5, 0.6) is 0 Å². The average Bonchev–Trinajstić information content (AvgIpc) is 2.82. The maximum atomic E-state index is 13.3. The van der Waals surface area contributed by atoms with E-state index in [1.54, 1.807) is 0 Å². The number of nitrogens with zero attached hydrogens (tertiary/aromatic N) is 2. The second-order valence-corrected chi connectivity index (χ2v) is 6.64. The second-order valence-electron chi connectivity index (χ2n) is 6.37. The number of alkyl halides is 1. The van der Waals surface area contributed by atoms with E-state index >= 15 is 0 Å². The summed E-state index contributed by atoms with van der Waals surface area (Å²) in [5, 5.41) is 0. The SMILES string of the molecule is CC1CCCC(CCn2c(CCl)nc3cc(F)ccc32)C1. The largest absolute Gasteiger partial charge is 0.327 e. The number of imidazole rings is 1. The van der Waals surface area contributed by atoms with Crippen molar-refractivity contribution >= 4 is 22.6 Å². The molecule has 2 aromatic rings. The van der Waals surface area contributed by atoms with Crippen molar-refractivity contribution in [2.24, 2.45) is 11.8 Å². The molecule has 1 aromatic heterocycles.